The zero-order valence-corrected chi connectivity index (χ0v) is 12.7. The lowest BCUT2D eigenvalue weighted by atomic mass is 10.3. The Balaban J connectivity index is 2.19. The van der Waals surface area contributed by atoms with Crippen molar-refractivity contribution >= 4 is 17.2 Å². The molecule has 3 rings (SSSR count). The topological polar surface area (TPSA) is 61.3 Å². The van der Waals surface area contributed by atoms with Crippen molar-refractivity contribution in [3.05, 3.63) is 74.9 Å². The summed E-state index contributed by atoms with van der Waals surface area (Å²) in [6.45, 7) is 3.93. The Bertz CT molecular complexity index is 1020. The van der Waals surface area contributed by atoms with E-state index in [1.165, 1.54) is 44.2 Å². The summed E-state index contributed by atoms with van der Waals surface area (Å²) in [5.41, 5.74) is -0.521. The van der Waals surface area contributed by atoms with Gasteiger partial charge in [-0.2, -0.15) is 0 Å². The van der Waals surface area contributed by atoms with E-state index in [2.05, 4.69) is 11.7 Å². The van der Waals surface area contributed by atoms with Gasteiger partial charge in [-0.05, 0) is 24.6 Å². The normalized spacial score (nSPS) is 11.0. The van der Waals surface area contributed by atoms with E-state index >= 15 is 0 Å². The van der Waals surface area contributed by atoms with Gasteiger partial charge in [0, 0.05) is 18.9 Å². The number of halogens is 2. The molecule has 0 bridgehead atoms. The summed E-state index contributed by atoms with van der Waals surface area (Å²) in [5, 5.41) is 3.96. The SMILES string of the molecule is C=CCCn1nc2c(=O)n(-c3ccc(F)c(Cl)c3)ccn2c1=O. The van der Waals surface area contributed by atoms with E-state index in [0.717, 1.165) is 0 Å². The molecule has 0 saturated heterocycles. The predicted octanol–water partition coefficient (Wildman–Crippen LogP) is 2.02. The molecule has 0 radical (unpaired) electrons. The molecule has 0 spiro atoms. The van der Waals surface area contributed by atoms with Gasteiger partial charge in [-0.25, -0.2) is 18.3 Å². The smallest absolute Gasteiger partial charge is 0.280 e. The van der Waals surface area contributed by atoms with Crippen molar-refractivity contribution in [2.75, 3.05) is 0 Å². The average Bonchev–Trinajstić information content (AvgIpc) is 2.86. The third-order valence-corrected chi connectivity index (χ3v) is 3.66. The number of allylic oxidation sites excluding steroid dienone is 1. The second kappa shape index (κ2) is 5.85. The zero-order chi connectivity index (χ0) is 16.6. The van der Waals surface area contributed by atoms with Gasteiger partial charge >= 0.3 is 11.2 Å². The first-order chi connectivity index (χ1) is 11.0. The van der Waals surface area contributed by atoms with Gasteiger partial charge in [-0.3, -0.25) is 9.36 Å². The van der Waals surface area contributed by atoms with Crippen molar-refractivity contribution in [3.8, 4) is 5.69 Å². The Morgan fingerprint density at radius 3 is 2.78 bits per heavy atom. The summed E-state index contributed by atoms with van der Waals surface area (Å²) >= 11 is 5.75. The van der Waals surface area contributed by atoms with Crippen LogP contribution in [0.4, 0.5) is 4.39 Å². The van der Waals surface area contributed by atoms with Gasteiger partial charge in [0.1, 0.15) is 5.82 Å². The minimum atomic E-state index is -0.575. The maximum Gasteiger partial charge on any atom is 0.350 e. The van der Waals surface area contributed by atoms with Gasteiger partial charge in [0.05, 0.1) is 10.7 Å². The molecule has 0 fully saturated rings. The molecular weight excluding hydrogens is 323 g/mol. The molecule has 23 heavy (non-hydrogen) atoms. The lowest BCUT2D eigenvalue weighted by Gasteiger charge is -2.06. The highest BCUT2D eigenvalue weighted by atomic mass is 35.5. The summed E-state index contributed by atoms with van der Waals surface area (Å²) in [6, 6.07) is 3.93. The zero-order valence-electron chi connectivity index (χ0n) is 11.9. The number of rotatable bonds is 4. The quantitative estimate of drug-likeness (QED) is 0.686. The van der Waals surface area contributed by atoms with E-state index < -0.39 is 17.1 Å². The number of aryl methyl sites for hydroxylation is 1. The molecule has 0 atom stereocenters. The highest BCUT2D eigenvalue weighted by Crippen LogP contribution is 2.17. The second-order valence-electron chi connectivity index (χ2n) is 4.85. The van der Waals surface area contributed by atoms with Gasteiger partial charge < -0.3 is 0 Å². The van der Waals surface area contributed by atoms with Crippen LogP contribution in [0.5, 0.6) is 0 Å². The fourth-order valence-electron chi connectivity index (χ4n) is 2.21. The summed E-state index contributed by atoms with van der Waals surface area (Å²) in [7, 11) is 0. The maximum absolute atomic E-state index is 13.3. The number of benzene rings is 1. The Kier molecular flexibility index (Phi) is 3.87. The summed E-state index contributed by atoms with van der Waals surface area (Å²) < 4.78 is 16.9. The Morgan fingerprint density at radius 1 is 1.30 bits per heavy atom. The summed E-state index contributed by atoms with van der Waals surface area (Å²) in [5.74, 6) is -0.575. The minimum Gasteiger partial charge on any atom is -0.280 e. The van der Waals surface area contributed by atoms with Crippen LogP contribution in [-0.4, -0.2) is 18.7 Å². The monoisotopic (exact) mass is 334 g/mol. The van der Waals surface area contributed by atoms with E-state index in [1.54, 1.807) is 6.08 Å². The van der Waals surface area contributed by atoms with E-state index in [0.29, 0.717) is 18.7 Å². The minimum absolute atomic E-state index is 0.0120. The largest absolute Gasteiger partial charge is 0.350 e. The maximum atomic E-state index is 13.3. The molecule has 2 aromatic heterocycles. The molecule has 8 heteroatoms. The van der Waals surface area contributed by atoms with Gasteiger partial charge in [-0.1, -0.05) is 17.7 Å². The van der Waals surface area contributed by atoms with Crippen molar-refractivity contribution in [2.45, 2.75) is 13.0 Å². The standard InChI is InChI=1S/C15H12ClFN4O2/c1-2-3-6-21-15(23)20-8-7-19(14(22)13(20)18-21)10-4-5-12(17)11(16)9-10/h2,4-5,7-9H,1,3,6H2. The van der Waals surface area contributed by atoms with E-state index in [-0.39, 0.29) is 10.7 Å². The highest BCUT2D eigenvalue weighted by Gasteiger charge is 2.13. The van der Waals surface area contributed by atoms with Gasteiger partial charge in [0.2, 0.25) is 5.65 Å². The molecular formula is C15H12ClFN4O2. The van der Waals surface area contributed by atoms with Crippen LogP contribution in [0.15, 0.2) is 52.8 Å². The van der Waals surface area contributed by atoms with Crippen molar-refractivity contribution in [3.63, 3.8) is 0 Å². The van der Waals surface area contributed by atoms with Crippen LogP contribution in [0.2, 0.25) is 5.02 Å². The fraction of sp³-hybridized carbons (Fsp3) is 0.133. The molecule has 0 aliphatic carbocycles. The third kappa shape index (κ3) is 2.59. The van der Waals surface area contributed by atoms with Crippen LogP contribution in [0.25, 0.3) is 11.3 Å². The molecule has 0 N–H and O–H groups in total. The Labute approximate surface area is 134 Å². The molecule has 0 aliphatic heterocycles. The van der Waals surface area contributed by atoms with Gasteiger partial charge in [0.15, 0.2) is 0 Å². The Hall–Kier alpha value is -2.67. The first-order valence-corrected chi connectivity index (χ1v) is 7.18. The molecule has 3 aromatic rings. The molecule has 0 amide bonds. The van der Waals surface area contributed by atoms with Crippen molar-refractivity contribution in [2.24, 2.45) is 0 Å². The van der Waals surface area contributed by atoms with Crippen LogP contribution in [0.1, 0.15) is 6.42 Å². The molecule has 1 aromatic carbocycles. The molecule has 6 nitrogen and oxygen atoms in total. The van der Waals surface area contributed by atoms with Gasteiger partial charge in [0.25, 0.3) is 0 Å². The second-order valence-corrected chi connectivity index (χ2v) is 5.26. The first kappa shape index (κ1) is 15.2. The Morgan fingerprint density at radius 2 is 2.09 bits per heavy atom. The van der Waals surface area contributed by atoms with Crippen molar-refractivity contribution in [1.29, 1.82) is 0 Å². The fourth-order valence-corrected chi connectivity index (χ4v) is 2.38. The van der Waals surface area contributed by atoms with Crippen LogP contribution in [0, 0.1) is 5.82 Å². The van der Waals surface area contributed by atoms with Gasteiger partial charge in [-0.15, -0.1) is 11.7 Å². The molecule has 0 saturated carbocycles. The van der Waals surface area contributed by atoms with E-state index in [4.69, 9.17) is 11.6 Å². The number of aromatic nitrogens is 4. The number of fused-ring (bicyclic) bond motifs is 1. The van der Waals surface area contributed by atoms with E-state index in [1.807, 2.05) is 0 Å². The van der Waals surface area contributed by atoms with Crippen molar-refractivity contribution < 1.29 is 4.39 Å². The average molecular weight is 335 g/mol. The van der Waals surface area contributed by atoms with Crippen LogP contribution in [-0.2, 0) is 6.54 Å². The number of nitrogens with zero attached hydrogens (tertiary/aromatic N) is 4. The van der Waals surface area contributed by atoms with Crippen LogP contribution >= 0.6 is 11.6 Å². The first-order valence-electron chi connectivity index (χ1n) is 6.80. The molecule has 118 valence electrons. The van der Waals surface area contributed by atoms with Crippen LogP contribution in [0.3, 0.4) is 0 Å². The van der Waals surface area contributed by atoms with E-state index in [9.17, 15) is 14.0 Å². The lowest BCUT2D eigenvalue weighted by Crippen LogP contribution is -2.24. The lowest BCUT2D eigenvalue weighted by molar-refractivity contribution is 0.601. The highest BCUT2D eigenvalue weighted by molar-refractivity contribution is 6.30. The number of hydrogen-bond acceptors (Lipinski definition) is 3. The van der Waals surface area contributed by atoms with Crippen molar-refractivity contribution in [1.82, 2.24) is 18.7 Å². The molecule has 0 aliphatic rings. The third-order valence-electron chi connectivity index (χ3n) is 3.37. The van der Waals surface area contributed by atoms with Crippen LogP contribution < -0.4 is 11.2 Å². The predicted molar refractivity (Wildman–Crippen MR) is 84.8 cm³/mol. The molecule has 0 unspecified atom stereocenters. The molecule has 2 heterocycles. The summed E-state index contributed by atoms with van der Waals surface area (Å²) in [4.78, 5) is 24.7. The summed E-state index contributed by atoms with van der Waals surface area (Å²) in [6.07, 6.45) is 5.08. The number of hydrogen-bond donors (Lipinski definition) is 0.